The number of imidazole rings is 1. The van der Waals surface area contributed by atoms with E-state index < -0.39 is 0 Å². The Morgan fingerprint density at radius 3 is 3.00 bits per heavy atom. The first-order chi connectivity index (χ1) is 13.7. The molecule has 0 saturated carbocycles. The van der Waals surface area contributed by atoms with E-state index in [1.165, 1.54) is 28.1 Å². The van der Waals surface area contributed by atoms with Gasteiger partial charge < -0.3 is 10.3 Å². The van der Waals surface area contributed by atoms with Crippen LogP contribution in [0.3, 0.4) is 0 Å². The summed E-state index contributed by atoms with van der Waals surface area (Å²) in [6, 6.07) is 2.64. The zero-order valence-corrected chi connectivity index (χ0v) is 16.7. The number of hydrogen-bond donors (Lipinski definition) is 2. The highest BCUT2D eigenvalue weighted by molar-refractivity contribution is 5.34. The van der Waals surface area contributed by atoms with E-state index in [0.29, 0.717) is 12.0 Å². The molecule has 4 rings (SSSR count). The number of hydrogen-bond acceptors (Lipinski definition) is 4. The van der Waals surface area contributed by atoms with Crippen LogP contribution in [0.2, 0.25) is 0 Å². The summed E-state index contributed by atoms with van der Waals surface area (Å²) in [7, 11) is 0. The van der Waals surface area contributed by atoms with E-state index in [1.807, 2.05) is 12.4 Å². The van der Waals surface area contributed by atoms with Gasteiger partial charge in [-0.15, -0.1) is 0 Å². The highest BCUT2D eigenvalue weighted by Gasteiger charge is 2.28. The Balaban J connectivity index is 1.49. The molecule has 3 heterocycles. The molecule has 146 valence electrons. The van der Waals surface area contributed by atoms with Crippen LogP contribution in [0, 0.1) is 19.8 Å². The first-order valence-corrected chi connectivity index (χ1v) is 10.1. The Morgan fingerprint density at radius 2 is 2.18 bits per heavy atom. The second-order valence-electron chi connectivity index (χ2n) is 7.88. The molecule has 0 aromatic carbocycles. The van der Waals surface area contributed by atoms with E-state index in [0.717, 1.165) is 32.5 Å². The molecule has 1 aliphatic heterocycles. The van der Waals surface area contributed by atoms with Gasteiger partial charge in [0.05, 0.1) is 12.0 Å². The van der Waals surface area contributed by atoms with Gasteiger partial charge in [-0.05, 0) is 49.2 Å². The van der Waals surface area contributed by atoms with Crippen LogP contribution in [0.15, 0.2) is 60.9 Å². The van der Waals surface area contributed by atoms with Crippen LogP contribution in [0.1, 0.15) is 28.9 Å². The lowest BCUT2D eigenvalue weighted by Gasteiger charge is -2.36. The summed E-state index contributed by atoms with van der Waals surface area (Å²) in [6.45, 7) is 7.09. The fraction of sp³-hybridized carbons (Fsp3) is 0.391. The van der Waals surface area contributed by atoms with Crippen molar-refractivity contribution in [3.05, 3.63) is 83.4 Å². The van der Waals surface area contributed by atoms with E-state index in [1.54, 1.807) is 6.33 Å². The third-order valence-electron chi connectivity index (χ3n) is 5.72. The number of aryl methyl sites for hydroxylation is 2. The summed E-state index contributed by atoms with van der Waals surface area (Å²) in [6.07, 6.45) is 18.7. The van der Waals surface area contributed by atoms with Gasteiger partial charge in [0.15, 0.2) is 0 Å². The first kappa shape index (κ1) is 18.7. The first-order valence-electron chi connectivity index (χ1n) is 10.1. The van der Waals surface area contributed by atoms with Crippen molar-refractivity contribution in [3.8, 4) is 0 Å². The number of allylic oxidation sites excluding steroid dienone is 4. The molecule has 5 heteroatoms. The molecule has 2 N–H and O–H groups in total. The highest BCUT2D eigenvalue weighted by atomic mass is 15.2. The molecule has 0 bridgehead atoms. The van der Waals surface area contributed by atoms with Crippen LogP contribution in [-0.4, -0.2) is 39.0 Å². The van der Waals surface area contributed by atoms with E-state index >= 15 is 0 Å². The predicted octanol–water partition coefficient (Wildman–Crippen LogP) is 3.45. The SMILES string of the molecule is Cc1cnc(CN(CCc2cnc[nH]2)CC2NC=CC3=CC=CCC32)c(C)c1. The maximum absolute atomic E-state index is 4.72. The quantitative estimate of drug-likeness (QED) is 0.778. The summed E-state index contributed by atoms with van der Waals surface area (Å²) in [4.78, 5) is 14.6. The molecule has 28 heavy (non-hydrogen) atoms. The number of fused-ring (bicyclic) bond motifs is 1. The van der Waals surface area contributed by atoms with Gasteiger partial charge >= 0.3 is 0 Å². The van der Waals surface area contributed by atoms with Crippen molar-refractivity contribution in [3.63, 3.8) is 0 Å². The van der Waals surface area contributed by atoms with E-state index in [-0.39, 0.29) is 0 Å². The summed E-state index contributed by atoms with van der Waals surface area (Å²) in [5, 5.41) is 3.61. The van der Waals surface area contributed by atoms with Crippen LogP contribution in [0.5, 0.6) is 0 Å². The molecule has 0 fully saturated rings. The third kappa shape index (κ3) is 4.42. The molecular weight excluding hydrogens is 346 g/mol. The largest absolute Gasteiger partial charge is 0.386 e. The maximum atomic E-state index is 4.72. The number of pyridine rings is 1. The summed E-state index contributed by atoms with van der Waals surface area (Å²) < 4.78 is 0. The van der Waals surface area contributed by atoms with Gasteiger partial charge in [-0.25, -0.2) is 4.98 Å². The maximum Gasteiger partial charge on any atom is 0.0921 e. The zero-order valence-electron chi connectivity index (χ0n) is 16.7. The van der Waals surface area contributed by atoms with Crippen molar-refractivity contribution in [1.82, 2.24) is 25.2 Å². The molecule has 1 aliphatic carbocycles. The van der Waals surface area contributed by atoms with E-state index in [9.17, 15) is 0 Å². The van der Waals surface area contributed by atoms with Gasteiger partial charge in [-0.3, -0.25) is 9.88 Å². The van der Waals surface area contributed by atoms with Crippen molar-refractivity contribution in [2.45, 2.75) is 39.3 Å². The van der Waals surface area contributed by atoms with E-state index in [4.69, 9.17) is 4.98 Å². The normalized spacial score (nSPS) is 20.8. The fourth-order valence-corrected chi connectivity index (χ4v) is 4.14. The van der Waals surface area contributed by atoms with Gasteiger partial charge in [0, 0.05) is 56.1 Å². The minimum absolute atomic E-state index is 0.411. The second-order valence-corrected chi connectivity index (χ2v) is 7.88. The molecule has 2 aromatic heterocycles. The molecule has 0 saturated heterocycles. The minimum atomic E-state index is 0.411. The molecule has 2 atom stereocenters. The molecule has 2 aromatic rings. The lowest BCUT2D eigenvalue weighted by Crippen LogP contribution is -2.46. The van der Waals surface area contributed by atoms with Crippen molar-refractivity contribution < 1.29 is 0 Å². The van der Waals surface area contributed by atoms with Crippen molar-refractivity contribution in [1.29, 1.82) is 0 Å². The third-order valence-corrected chi connectivity index (χ3v) is 5.72. The molecule has 0 spiro atoms. The van der Waals surface area contributed by atoms with Gasteiger partial charge in [-0.2, -0.15) is 0 Å². The predicted molar refractivity (Wildman–Crippen MR) is 113 cm³/mol. The van der Waals surface area contributed by atoms with E-state index in [2.05, 4.69) is 70.6 Å². The Bertz CT molecular complexity index is 878. The number of H-pyrrole nitrogens is 1. The van der Waals surface area contributed by atoms with Gasteiger partial charge in [0.1, 0.15) is 0 Å². The Labute approximate surface area is 167 Å². The number of aromatic nitrogens is 3. The molecule has 2 unspecified atom stereocenters. The molecular formula is C23H29N5. The molecule has 5 nitrogen and oxygen atoms in total. The second kappa shape index (κ2) is 8.57. The number of rotatable bonds is 7. The smallest absolute Gasteiger partial charge is 0.0921 e. The topological polar surface area (TPSA) is 56.8 Å². The summed E-state index contributed by atoms with van der Waals surface area (Å²) in [5.74, 6) is 0.539. The average Bonchev–Trinajstić information content (AvgIpc) is 3.22. The van der Waals surface area contributed by atoms with Crippen LogP contribution in [0.25, 0.3) is 0 Å². The number of nitrogens with zero attached hydrogens (tertiary/aromatic N) is 3. The summed E-state index contributed by atoms with van der Waals surface area (Å²) >= 11 is 0. The van der Waals surface area contributed by atoms with Gasteiger partial charge in [-0.1, -0.05) is 24.3 Å². The molecule has 0 amide bonds. The summed E-state index contributed by atoms with van der Waals surface area (Å²) in [5.41, 5.74) is 6.26. The number of aromatic amines is 1. The zero-order chi connectivity index (χ0) is 19.3. The van der Waals surface area contributed by atoms with Gasteiger partial charge in [0.2, 0.25) is 0 Å². The minimum Gasteiger partial charge on any atom is -0.386 e. The van der Waals surface area contributed by atoms with Crippen molar-refractivity contribution in [2.75, 3.05) is 13.1 Å². The monoisotopic (exact) mass is 375 g/mol. The van der Waals surface area contributed by atoms with Crippen molar-refractivity contribution in [2.24, 2.45) is 5.92 Å². The van der Waals surface area contributed by atoms with Crippen LogP contribution >= 0.6 is 0 Å². The van der Waals surface area contributed by atoms with Crippen LogP contribution < -0.4 is 5.32 Å². The standard InChI is InChI=1S/C23H29N5/c1-17-11-18(2)22(26-12-17)14-28(10-8-20-13-24-16-27-20)15-23-21-6-4-3-5-19(21)7-9-25-23/h3-5,7,9,11-13,16,21,23,25H,6,8,10,14-15H2,1-2H3,(H,24,27). The Kier molecular flexibility index (Phi) is 5.72. The fourth-order valence-electron chi connectivity index (χ4n) is 4.14. The van der Waals surface area contributed by atoms with Gasteiger partial charge in [0.25, 0.3) is 0 Å². The van der Waals surface area contributed by atoms with Crippen LogP contribution in [0.4, 0.5) is 0 Å². The lowest BCUT2D eigenvalue weighted by atomic mass is 9.83. The average molecular weight is 376 g/mol. The highest BCUT2D eigenvalue weighted by Crippen LogP contribution is 2.28. The Morgan fingerprint density at radius 1 is 1.25 bits per heavy atom. The Hall–Kier alpha value is -2.66. The lowest BCUT2D eigenvalue weighted by molar-refractivity contribution is 0.215. The molecule has 2 aliphatic rings. The van der Waals surface area contributed by atoms with Crippen molar-refractivity contribution >= 4 is 0 Å². The molecule has 0 radical (unpaired) electrons. The van der Waals surface area contributed by atoms with Crippen LogP contribution in [-0.2, 0) is 13.0 Å². The number of nitrogens with one attached hydrogen (secondary N) is 2.